The van der Waals surface area contributed by atoms with Crippen LogP contribution in [0.5, 0.6) is 0 Å². The fourth-order valence-electron chi connectivity index (χ4n) is 1.63. The lowest BCUT2D eigenvalue weighted by Gasteiger charge is -2.13. The molecule has 2 heterocycles. The van der Waals surface area contributed by atoms with Gasteiger partial charge in [0.1, 0.15) is 0 Å². The Labute approximate surface area is 104 Å². The zero-order valence-corrected chi connectivity index (χ0v) is 9.96. The molecule has 0 aromatic carbocycles. The Hall–Kier alpha value is -2.37. The monoisotopic (exact) mass is 246 g/mol. The fraction of sp³-hybridized carbons (Fsp3) is 0.250. The minimum absolute atomic E-state index is 0.0725. The topological polar surface area (TPSA) is 79.8 Å². The van der Waals surface area contributed by atoms with Gasteiger partial charge >= 0.3 is 0 Å². The molecule has 0 aliphatic carbocycles. The molecule has 6 heteroatoms. The van der Waals surface area contributed by atoms with Gasteiger partial charge in [0.2, 0.25) is 5.56 Å². The molecule has 1 atom stereocenters. The van der Waals surface area contributed by atoms with Crippen LogP contribution in [0.3, 0.4) is 0 Å². The van der Waals surface area contributed by atoms with E-state index in [0.717, 1.165) is 0 Å². The first-order valence-electron chi connectivity index (χ1n) is 5.62. The summed E-state index contributed by atoms with van der Waals surface area (Å²) in [4.78, 5) is 25.4. The molecule has 0 fully saturated rings. The number of amides is 1. The summed E-state index contributed by atoms with van der Waals surface area (Å²) in [6.45, 7) is 2.47. The number of carbonyl (C=O) groups excluding carboxylic acids is 1. The van der Waals surface area contributed by atoms with Gasteiger partial charge in [-0.2, -0.15) is 5.10 Å². The molecule has 1 amide bonds. The van der Waals surface area contributed by atoms with E-state index in [9.17, 15) is 9.59 Å². The molecule has 0 aliphatic rings. The van der Waals surface area contributed by atoms with Crippen LogP contribution in [0, 0.1) is 0 Å². The van der Waals surface area contributed by atoms with Crippen molar-refractivity contribution >= 4 is 5.91 Å². The average Bonchev–Trinajstić information content (AvgIpc) is 2.81. The van der Waals surface area contributed by atoms with Gasteiger partial charge in [-0.1, -0.05) is 0 Å². The van der Waals surface area contributed by atoms with Crippen molar-refractivity contribution in [2.24, 2.45) is 0 Å². The molecule has 1 unspecified atom stereocenters. The van der Waals surface area contributed by atoms with Gasteiger partial charge < -0.3 is 10.3 Å². The Morgan fingerprint density at radius 2 is 2.44 bits per heavy atom. The van der Waals surface area contributed by atoms with Crippen LogP contribution >= 0.6 is 0 Å². The zero-order valence-electron chi connectivity index (χ0n) is 9.96. The van der Waals surface area contributed by atoms with Crippen molar-refractivity contribution in [2.75, 3.05) is 0 Å². The van der Waals surface area contributed by atoms with Gasteiger partial charge in [0.05, 0.1) is 6.54 Å². The van der Waals surface area contributed by atoms with Crippen LogP contribution in [0.2, 0.25) is 0 Å². The first-order chi connectivity index (χ1) is 8.65. The molecular formula is C12H14N4O2. The molecule has 2 aromatic heterocycles. The maximum atomic E-state index is 11.8. The summed E-state index contributed by atoms with van der Waals surface area (Å²) in [5.74, 6) is -0.263. The van der Waals surface area contributed by atoms with Crippen LogP contribution in [0.4, 0.5) is 0 Å². The number of hydrogen-bond acceptors (Lipinski definition) is 3. The van der Waals surface area contributed by atoms with Crippen molar-refractivity contribution in [3.63, 3.8) is 0 Å². The molecular weight excluding hydrogens is 232 g/mol. The summed E-state index contributed by atoms with van der Waals surface area (Å²) in [6.07, 6.45) is 4.97. The van der Waals surface area contributed by atoms with Gasteiger partial charge in [-0.3, -0.25) is 14.3 Å². The molecule has 0 radical (unpaired) electrons. The first kappa shape index (κ1) is 12.1. The second kappa shape index (κ2) is 5.31. The minimum atomic E-state index is -0.289. The lowest BCUT2D eigenvalue weighted by molar-refractivity contribution is 0.0936. The van der Waals surface area contributed by atoms with Crippen LogP contribution in [-0.2, 0) is 6.54 Å². The van der Waals surface area contributed by atoms with Crippen LogP contribution in [0.1, 0.15) is 17.3 Å². The molecule has 0 bridgehead atoms. The van der Waals surface area contributed by atoms with E-state index in [1.54, 1.807) is 16.9 Å². The number of nitrogens with one attached hydrogen (secondary N) is 2. The Kier molecular flexibility index (Phi) is 3.57. The summed E-state index contributed by atoms with van der Waals surface area (Å²) in [5.41, 5.74) is 0.0634. The van der Waals surface area contributed by atoms with Gasteiger partial charge in [-0.25, -0.2) is 0 Å². The van der Waals surface area contributed by atoms with Crippen LogP contribution < -0.4 is 10.9 Å². The highest BCUT2D eigenvalue weighted by atomic mass is 16.2. The predicted molar refractivity (Wildman–Crippen MR) is 66.2 cm³/mol. The Balaban J connectivity index is 1.97. The summed E-state index contributed by atoms with van der Waals surface area (Å²) >= 11 is 0. The van der Waals surface area contributed by atoms with Crippen LogP contribution in [0.25, 0.3) is 0 Å². The first-order valence-corrected chi connectivity index (χ1v) is 5.62. The number of hydrogen-bond donors (Lipinski definition) is 2. The van der Waals surface area contributed by atoms with Crippen LogP contribution in [0.15, 0.2) is 41.6 Å². The smallest absolute Gasteiger partial charge is 0.251 e. The molecule has 0 saturated carbocycles. The zero-order chi connectivity index (χ0) is 13.0. The highest BCUT2D eigenvalue weighted by Gasteiger charge is 2.10. The standard InChI is InChI=1S/C12H14N4O2/c1-9(8-16-6-2-4-14-16)15-12(18)10-3-5-13-11(17)7-10/h2-7,9H,8H2,1H3,(H,13,17)(H,15,18). The highest BCUT2D eigenvalue weighted by molar-refractivity contribution is 5.94. The maximum Gasteiger partial charge on any atom is 0.251 e. The Morgan fingerprint density at radius 3 is 3.11 bits per heavy atom. The Bertz CT molecular complexity index is 574. The third-order valence-electron chi connectivity index (χ3n) is 2.43. The van der Waals surface area contributed by atoms with Crippen molar-refractivity contribution < 1.29 is 4.79 Å². The van der Waals surface area contributed by atoms with Crippen LogP contribution in [-0.4, -0.2) is 26.7 Å². The van der Waals surface area contributed by atoms with Gasteiger partial charge in [0, 0.05) is 36.3 Å². The molecule has 2 rings (SSSR count). The van der Waals surface area contributed by atoms with Gasteiger partial charge in [0.25, 0.3) is 5.91 Å². The molecule has 2 N–H and O–H groups in total. The summed E-state index contributed by atoms with van der Waals surface area (Å²) in [6, 6.07) is 4.59. The fourth-order valence-corrected chi connectivity index (χ4v) is 1.63. The number of carbonyl (C=O) groups is 1. The number of rotatable bonds is 4. The molecule has 6 nitrogen and oxygen atoms in total. The second-order valence-electron chi connectivity index (χ2n) is 4.04. The van der Waals surface area contributed by atoms with Crippen molar-refractivity contribution in [3.8, 4) is 0 Å². The quantitative estimate of drug-likeness (QED) is 0.819. The summed E-state index contributed by atoms with van der Waals surface area (Å²) in [7, 11) is 0. The average molecular weight is 246 g/mol. The number of aromatic nitrogens is 3. The normalized spacial score (nSPS) is 12.1. The number of H-pyrrole nitrogens is 1. The lowest BCUT2D eigenvalue weighted by atomic mass is 10.2. The van der Waals surface area contributed by atoms with E-state index in [0.29, 0.717) is 12.1 Å². The summed E-state index contributed by atoms with van der Waals surface area (Å²) in [5, 5.41) is 6.87. The molecule has 0 saturated heterocycles. The van der Waals surface area contributed by atoms with Crippen molar-refractivity contribution in [2.45, 2.75) is 19.5 Å². The molecule has 94 valence electrons. The second-order valence-corrected chi connectivity index (χ2v) is 4.04. The van der Waals surface area contributed by atoms with E-state index in [-0.39, 0.29) is 17.5 Å². The minimum Gasteiger partial charge on any atom is -0.348 e. The van der Waals surface area contributed by atoms with Gasteiger partial charge in [-0.05, 0) is 19.1 Å². The van der Waals surface area contributed by atoms with Gasteiger partial charge in [-0.15, -0.1) is 0 Å². The van der Waals surface area contributed by atoms with Crippen molar-refractivity contribution in [3.05, 3.63) is 52.7 Å². The van der Waals surface area contributed by atoms with Crippen molar-refractivity contribution in [1.82, 2.24) is 20.1 Å². The third kappa shape index (κ3) is 3.07. The van der Waals surface area contributed by atoms with E-state index in [4.69, 9.17) is 0 Å². The van der Waals surface area contributed by atoms with E-state index < -0.39 is 0 Å². The lowest BCUT2D eigenvalue weighted by Crippen LogP contribution is -2.36. The van der Waals surface area contributed by atoms with E-state index in [1.165, 1.54) is 12.3 Å². The van der Waals surface area contributed by atoms with Gasteiger partial charge in [0.15, 0.2) is 0 Å². The number of aromatic amines is 1. The Morgan fingerprint density at radius 1 is 1.61 bits per heavy atom. The van der Waals surface area contributed by atoms with E-state index >= 15 is 0 Å². The molecule has 0 aliphatic heterocycles. The number of nitrogens with zero attached hydrogens (tertiary/aromatic N) is 2. The molecule has 18 heavy (non-hydrogen) atoms. The number of pyridine rings is 1. The SMILES string of the molecule is CC(Cn1cccn1)NC(=O)c1cc[nH]c(=O)c1. The van der Waals surface area contributed by atoms with E-state index in [1.807, 2.05) is 19.2 Å². The van der Waals surface area contributed by atoms with Crippen molar-refractivity contribution in [1.29, 1.82) is 0 Å². The summed E-state index contributed by atoms with van der Waals surface area (Å²) < 4.78 is 1.74. The third-order valence-corrected chi connectivity index (χ3v) is 2.43. The van der Waals surface area contributed by atoms with E-state index in [2.05, 4.69) is 15.4 Å². The molecule has 2 aromatic rings. The molecule has 0 spiro atoms. The highest BCUT2D eigenvalue weighted by Crippen LogP contribution is 1.96. The maximum absolute atomic E-state index is 11.8. The largest absolute Gasteiger partial charge is 0.348 e. The predicted octanol–water partition coefficient (Wildman–Crippen LogP) is 0.390.